The SMILES string of the molecule is CCOc1cc2cccc(O)c2nc1-c1ccccc1. The second kappa shape index (κ2) is 5.21. The van der Waals surface area contributed by atoms with Gasteiger partial charge in [-0.25, -0.2) is 4.98 Å². The molecular formula is C17H15NO2. The lowest BCUT2D eigenvalue weighted by atomic mass is 10.1. The van der Waals surface area contributed by atoms with Crippen LogP contribution in [0.4, 0.5) is 0 Å². The first-order chi connectivity index (χ1) is 9.79. The summed E-state index contributed by atoms with van der Waals surface area (Å²) in [4.78, 5) is 4.59. The smallest absolute Gasteiger partial charge is 0.146 e. The van der Waals surface area contributed by atoms with Crippen molar-refractivity contribution >= 4 is 10.9 Å². The second-order valence-corrected chi connectivity index (χ2v) is 4.48. The summed E-state index contributed by atoms with van der Waals surface area (Å²) >= 11 is 0. The molecule has 0 amide bonds. The second-order valence-electron chi connectivity index (χ2n) is 4.48. The van der Waals surface area contributed by atoms with Crippen LogP contribution in [-0.4, -0.2) is 16.7 Å². The molecule has 1 N–H and O–H groups in total. The first kappa shape index (κ1) is 12.5. The van der Waals surface area contributed by atoms with Gasteiger partial charge >= 0.3 is 0 Å². The predicted molar refractivity (Wildman–Crippen MR) is 80.0 cm³/mol. The summed E-state index contributed by atoms with van der Waals surface area (Å²) in [7, 11) is 0. The van der Waals surface area contributed by atoms with Crippen molar-refractivity contribution in [3.8, 4) is 22.8 Å². The van der Waals surface area contributed by atoms with Crippen LogP contribution in [0.2, 0.25) is 0 Å². The van der Waals surface area contributed by atoms with Gasteiger partial charge in [-0.05, 0) is 19.1 Å². The fraction of sp³-hybridized carbons (Fsp3) is 0.118. The van der Waals surface area contributed by atoms with Gasteiger partial charge < -0.3 is 9.84 Å². The van der Waals surface area contributed by atoms with E-state index in [1.54, 1.807) is 12.1 Å². The van der Waals surface area contributed by atoms with Crippen molar-refractivity contribution in [2.24, 2.45) is 0 Å². The fourth-order valence-electron chi connectivity index (χ4n) is 2.23. The molecule has 0 atom stereocenters. The number of rotatable bonds is 3. The summed E-state index contributed by atoms with van der Waals surface area (Å²) < 4.78 is 5.70. The van der Waals surface area contributed by atoms with Crippen LogP contribution in [0.3, 0.4) is 0 Å². The maximum atomic E-state index is 9.96. The van der Waals surface area contributed by atoms with Gasteiger partial charge in [0.1, 0.15) is 22.7 Å². The van der Waals surface area contributed by atoms with Crippen molar-refractivity contribution in [1.82, 2.24) is 4.98 Å². The van der Waals surface area contributed by atoms with Gasteiger partial charge in [0.15, 0.2) is 0 Å². The molecule has 3 rings (SSSR count). The first-order valence-corrected chi connectivity index (χ1v) is 6.60. The Hall–Kier alpha value is -2.55. The van der Waals surface area contributed by atoms with E-state index in [2.05, 4.69) is 4.98 Å². The van der Waals surface area contributed by atoms with Crippen molar-refractivity contribution in [3.05, 3.63) is 54.6 Å². The molecule has 1 heterocycles. The monoisotopic (exact) mass is 265 g/mol. The molecule has 3 nitrogen and oxygen atoms in total. The fourth-order valence-corrected chi connectivity index (χ4v) is 2.23. The lowest BCUT2D eigenvalue weighted by Gasteiger charge is -2.11. The number of aromatic hydroxyl groups is 1. The molecule has 0 radical (unpaired) electrons. The van der Waals surface area contributed by atoms with Crippen molar-refractivity contribution in [2.75, 3.05) is 6.61 Å². The van der Waals surface area contributed by atoms with Gasteiger partial charge in [0, 0.05) is 10.9 Å². The van der Waals surface area contributed by atoms with E-state index in [0.29, 0.717) is 12.1 Å². The molecule has 20 heavy (non-hydrogen) atoms. The molecule has 0 unspecified atom stereocenters. The summed E-state index contributed by atoms with van der Waals surface area (Å²) in [5.74, 6) is 0.916. The van der Waals surface area contributed by atoms with E-state index in [4.69, 9.17) is 4.74 Å². The summed E-state index contributed by atoms with van der Waals surface area (Å²) in [6.07, 6.45) is 0. The molecule has 0 fully saturated rings. The number of hydrogen-bond donors (Lipinski definition) is 1. The van der Waals surface area contributed by atoms with E-state index >= 15 is 0 Å². The Morgan fingerprint density at radius 3 is 2.60 bits per heavy atom. The normalized spacial score (nSPS) is 10.7. The summed E-state index contributed by atoms with van der Waals surface area (Å²) in [5, 5.41) is 10.8. The highest BCUT2D eigenvalue weighted by Crippen LogP contribution is 2.34. The van der Waals surface area contributed by atoms with E-state index in [-0.39, 0.29) is 5.75 Å². The molecule has 1 aromatic heterocycles. The first-order valence-electron chi connectivity index (χ1n) is 6.60. The Morgan fingerprint density at radius 2 is 1.85 bits per heavy atom. The highest BCUT2D eigenvalue weighted by atomic mass is 16.5. The third-order valence-corrected chi connectivity index (χ3v) is 3.14. The maximum absolute atomic E-state index is 9.96. The van der Waals surface area contributed by atoms with Crippen molar-refractivity contribution < 1.29 is 9.84 Å². The Labute approximate surface area is 117 Å². The standard InChI is InChI=1S/C17H15NO2/c1-2-20-15-11-13-9-6-10-14(19)16(13)18-17(15)12-7-4-3-5-8-12/h3-11,19H,2H2,1H3. The number of phenols is 1. The zero-order chi connectivity index (χ0) is 13.9. The van der Waals surface area contributed by atoms with Gasteiger partial charge in [-0.2, -0.15) is 0 Å². The van der Waals surface area contributed by atoms with Crippen molar-refractivity contribution in [1.29, 1.82) is 0 Å². The zero-order valence-electron chi connectivity index (χ0n) is 11.2. The minimum absolute atomic E-state index is 0.183. The minimum Gasteiger partial charge on any atom is -0.506 e. The number of pyridine rings is 1. The Morgan fingerprint density at radius 1 is 1.05 bits per heavy atom. The molecule has 0 aliphatic heterocycles. The molecule has 3 aromatic rings. The third-order valence-electron chi connectivity index (χ3n) is 3.14. The number of ether oxygens (including phenoxy) is 1. The summed E-state index contributed by atoms with van der Waals surface area (Å²) in [6.45, 7) is 2.52. The van der Waals surface area contributed by atoms with Crippen LogP contribution >= 0.6 is 0 Å². The van der Waals surface area contributed by atoms with Gasteiger partial charge in [-0.15, -0.1) is 0 Å². The van der Waals surface area contributed by atoms with Gasteiger partial charge in [-0.1, -0.05) is 42.5 Å². The number of aromatic nitrogens is 1. The Bertz CT molecular complexity index is 739. The summed E-state index contributed by atoms with van der Waals surface area (Å²) in [5.41, 5.74) is 2.32. The Kier molecular flexibility index (Phi) is 3.25. The lowest BCUT2D eigenvalue weighted by Crippen LogP contribution is -1.97. The van der Waals surface area contributed by atoms with Gasteiger partial charge in [0.05, 0.1) is 6.61 Å². The number of nitrogens with zero attached hydrogens (tertiary/aromatic N) is 1. The van der Waals surface area contributed by atoms with E-state index < -0.39 is 0 Å². The van der Waals surface area contributed by atoms with Gasteiger partial charge in [0.2, 0.25) is 0 Å². The van der Waals surface area contributed by atoms with Crippen LogP contribution < -0.4 is 4.74 Å². The molecule has 2 aromatic carbocycles. The number of phenolic OH excluding ortho intramolecular Hbond substituents is 1. The van der Waals surface area contributed by atoms with E-state index in [9.17, 15) is 5.11 Å². The average Bonchev–Trinajstić information content (AvgIpc) is 2.48. The minimum atomic E-state index is 0.183. The highest BCUT2D eigenvalue weighted by molar-refractivity contribution is 5.89. The van der Waals surface area contributed by atoms with E-state index in [0.717, 1.165) is 22.4 Å². The summed E-state index contributed by atoms with van der Waals surface area (Å²) in [6, 6.07) is 17.1. The zero-order valence-corrected chi connectivity index (χ0v) is 11.2. The molecule has 100 valence electrons. The number of benzene rings is 2. The quantitative estimate of drug-likeness (QED) is 0.778. The predicted octanol–water partition coefficient (Wildman–Crippen LogP) is 4.01. The van der Waals surface area contributed by atoms with Crippen LogP contribution in [0.1, 0.15) is 6.92 Å². The third kappa shape index (κ3) is 2.18. The van der Waals surface area contributed by atoms with Crippen LogP contribution in [0.25, 0.3) is 22.2 Å². The van der Waals surface area contributed by atoms with Crippen LogP contribution in [0.5, 0.6) is 11.5 Å². The van der Waals surface area contributed by atoms with Crippen molar-refractivity contribution in [3.63, 3.8) is 0 Å². The van der Waals surface area contributed by atoms with Gasteiger partial charge in [-0.3, -0.25) is 0 Å². The molecule has 0 aliphatic carbocycles. The molecular weight excluding hydrogens is 250 g/mol. The molecule has 0 spiro atoms. The van der Waals surface area contributed by atoms with Crippen LogP contribution in [0.15, 0.2) is 54.6 Å². The molecule has 0 bridgehead atoms. The Balaban J connectivity index is 2.28. The van der Waals surface area contributed by atoms with Crippen LogP contribution in [-0.2, 0) is 0 Å². The highest BCUT2D eigenvalue weighted by Gasteiger charge is 2.11. The van der Waals surface area contributed by atoms with Crippen LogP contribution in [0, 0.1) is 0 Å². The average molecular weight is 265 g/mol. The lowest BCUT2D eigenvalue weighted by molar-refractivity contribution is 0.341. The number of fused-ring (bicyclic) bond motifs is 1. The van der Waals surface area contributed by atoms with Gasteiger partial charge in [0.25, 0.3) is 0 Å². The molecule has 0 saturated heterocycles. The molecule has 3 heteroatoms. The molecule has 0 saturated carbocycles. The topological polar surface area (TPSA) is 42.4 Å². The molecule has 0 aliphatic rings. The number of hydrogen-bond acceptors (Lipinski definition) is 3. The maximum Gasteiger partial charge on any atom is 0.146 e. The largest absolute Gasteiger partial charge is 0.506 e. The van der Waals surface area contributed by atoms with Crippen molar-refractivity contribution in [2.45, 2.75) is 6.92 Å². The number of para-hydroxylation sites is 1. The van der Waals surface area contributed by atoms with E-state index in [1.165, 1.54) is 0 Å². The van der Waals surface area contributed by atoms with E-state index in [1.807, 2.05) is 49.4 Å².